The van der Waals surface area contributed by atoms with Crippen LogP contribution in [-0.4, -0.2) is 36.1 Å². The number of nitrogens with one attached hydrogen (secondary N) is 1. The third-order valence-corrected chi connectivity index (χ3v) is 4.55. The molecule has 0 unspecified atom stereocenters. The number of benzene rings is 2. The molecule has 148 valence electrons. The number of anilines is 1. The molecule has 1 heterocycles. The molecule has 3 rings (SSSR count). The maximum absolute atomic E-state index is 12.8. The fourth-order valence-electron chi connectivity index (χ4n) is 2.60. The van der Waals surface area contributed by atoms with Gasteiger partial charge in [-0.3, -0.25) is 30.0 Å². The second-order valence-corrected chi connectivity index (χ2v) is 6.73. The summed E-state index contributed by atoms with van der Waals surface area (Å²) in [6, 6.07) is 9.23. The molecule has 0 radical (unpaired) electrons. The van der Waals surface area contributed by atoms with E-state index in [2.05, 4.69) is 26.2 Å². The monoisotopic (exact) mass is 460 g/mol. The van der Waals surface area contributed by atoms with Crippen molar-refractivity contribution in [3.05, 3.63) is 57.1 Å². The zero-order valence-corrected chi connectivity index (χ0v) is 16.5. The van der Waals surface area contributed by atoms with Gasteiger partial charge >= 0.3 is 6.03 Å². The van der Waals surface area contributed by atoms with Gasteiger partial charge in [0.05, 0.1) is 17.7 Å². The summed E-state index contributed by atoms with van der Waals surface area (Å²) in [7, 11) is 1.35. The Morgan fingerprint density at radius 2 is 1.90 bits per heavy atom. The van der Waals surface area contributed by atoms with Crippen LogP contribution in [-0.2, 0) is 9.59 Å². The second kappa shape index (κ2) is 8.19. The number of carbonyl (C=O) groups excluding carboxylic acids is 3. The van der Waals surface area contributed by atoms with Crippen molar-refractivity contribution in [3.8, 4) is 5.75 Å². The molecular weight excluding hydrogens is 448 g/mol. The highest BCUT2D eigenvalue weighted by Gasteiger charge is 2.40. The Morgan fingerprint density at radius 3 is 2.52 bits per heavy atom. The lowest BCUT2D eigenvalue weighted by atomic mass is 10.1. The third kappa shape index (κ3) is 4.14. The summed E-state index contributed by atoms with van der Waals surface area (Å²) >= 11 is 3.26. The number of rotatable bonds is 5. The maximum atomic E-state index is 12.8. The number of hydrogen-bond donors (Lipinski definition) is 1. The lowest BCUT2D eigenvalue weighted by molar-refractivity contribution is -0.384. The first-order valence-electron chi connectivity index (χ1n) is 8.13. The average molecular weight is 461 g/mol. The minimum atomic E-state index is -1.40. The van der Waals surface area contributed by atoms with Crippen LogP contribution in [0.2, 0.25) is 0 Å². The molecular formula is C18H13BrN4O6. The summed E-state index contributed by atoms with van der Waals surface area (Å²) in [6.45, 7) is 0. The Balaban J connectivity index is 1.93. The number of imide groups is 2. The van der Waals surface area contributed by atoms with Gasteiger partial charge in [-0.25, -0.2) is 9.69 Å². The van der Waals surface area contributed by atoms with Crippen molar-refractivity contribution >= 4 is 57.1 Å². The molecule has 0 saturated carbocycles. The average Bonchev–Trinajstić information content (AvgIpc) is 2.68. The van der Waals surface area contributed by atoms with Gasteiger partial charge in [0, 0.05) is 22.8 Å². The Morgan fingerprint density at radius 1 is 1.21 bits per heavy atom. The number of methoxy groups -OCH3 is 1. The van der Waals surface area contributed by atoms with Crippen molar-refractivity contribution in [1.82, 2.24) is 5.32 Å². The number of nitrogens with zero attached hydrogens (tertiary/aromatic N) is 3. The lowest BCUT2D eigenvalue weighted by Crippen LogP contribution is -2.58. The number of aliphatic imine (C=N–C) groups is 1. The van der Waals surface area contributed by atoms with E-state index >= 15 is 0 Å². The molecule has 11 heteroatoms. The summed E-state index contributed by atoms with van der Waals surface area (Å²) in [6.07, 6.45) is 1.03. The molecule has 1 N–H and O–H groups in total. The SMILES string of the molecule is COc1ccc([N+](=O)[O-])cc1N=C[C@@H]1C(=O)NC(=O)N(c2ccc(Br)cc2)C1=O. The molecule has 1 atom stereocenters. The van der Waals surface area contributed by atoms with E-state index < -0.39 is 28.7 Å². The van der Waals surface area contributed by atoms with Crippen molar-refractivity contribution < 1.29 is 24.0 Å². The Labute approximate surface area is 172 Å². The number of halogens is 1. The van der Waals surface area contributed by atoms with Crippen LogP contribution in [0.3, 0.4) is 0 Å². The van der Waals surface area contributed by atoms with Crippen molar-refractivity contribution in [2.75, 3.05) is 12.0 Å². The minimum Gasteiger partial charge on any atom is -0.494 e. The number of amides is 4. The molecule has 1 saturated heterocycles. The van der Waals surface area contributed by atoms with Crippen LogP contribution in [0, 0.1) is 16.0 Å². The predicted molar refractivity (Wildman–Crippen MR) is 106 cm³/mol. The number of carbonyl (C=O) groups is 3. The first-order chi connectivity index (χ1) is 13.8. The van der Waals surface area contributed by atoms with E-state index in [0.29, 0.717) is 0 Å². The topological polar surface area (TPSA) is 131 Å². The largest absolute Gasteiger partial charge is 0.494 e. The summed E-state index contributed by atoms with van der Waals surface area (Å²) in [5.41, 5.74) is 0.105. The smallest absolute Gasteiger partial charge is 0.335 e. The Bertz CT molecular complexity index is 1040. The van der Waals surface area contributed by atoms with E-state index in [1.807, 2.05) is 0 Å². The fourth-order valence-corrected chi connectivity index (χ4v) is 2.87. The van der Waals surface area contributed by atoms with Crippen molar-refractivity contribution in [2.24, 2.45) is 10.9 Å². The van der Waals surface area contributed by atoms with Crippen molar-refractivity contribution in [3.63, 3.8) is 0 Å². The number of nitro benzene ring substituents is 1. The number of barbiturate groups is 1. The molecule has 0 bridgehead atoms. The molecule has 0 spiro atoms. The second-order valence-electron chi connectivity index (χ2n) is 5.81. The molecule has 2 aromatic carbocycles. The standard InChI is InChI=1S/C18H13BrN4O6/c1-29-15-7-6-12(23(27)28)8-14(15)20-9-13-16(24)21-18(26)22(17(13)25)11-4-2-10(19)3-5-11/h2-9,13H,1H3,(H,21,24,26)/t13-/m1/s1. The van der Waals surface area contributed by atoms with Gasteiger partial charge in [0.15, 0.2) is 5.92 Å². The number of hydrogen-bond acceptors (Lipinski definition) is 7. The fraction of sp³-hybridized carbons (Fsp3) is 0.111. The summed E-state index contributed by atoms with van der Waals surface area (Å²) in [4.78, 5) is 52.3. The molecule has 1 fully saturated rings. The highest BCUT2D eigenvalue weighted by atomic mass is 79.9. The van der Waals surface area contributed by atoms with E-state index in [4.69, 9.17) is 4.74 Å². The van der Waals surface area contributed by atoms with Crippen molar-refractivity contribution in [1.29, 1.82) is 0 Å². The molecule has 0 aliphatic carbocycles. The van der Waals surface area contributed by atoms with Crippen molar-refractivity contribution in [2.45, 2.75) is 0 Å². The van der Waals surface area contributed by atoms with Crippen LogP contribution >= 0.6 is 15.9 Å². The Hall–Kier alpha value is -3.60. The van der Waals surface area contributed by atoms with Gasteiger partial charge in [-0.05, 0) is 30.3 Å². The number of urea groups is 1. The Kier molecular flexibility index (Phi) is 5.69. The minimum absolute atomic E-state index is 0.0643. The lowest BCUT2D eigenvalue weighted by Gasteiger charge is -2.28. The first-order valence-corrected chi connectivity index (χ1v) is 8.92. The molecule has 1 aliphatic heterocycles. The quantitative estimate of drug-likeness (QED) is 0.315. The molecule has 0 aromatic heterocycles. The van der Waals surface area contributed by atoms with Gasteiger partial charge in [-0.15, -0.1) is 0 Å². The number of nitro groups is 1. The number of ether oxygens (including phenoxy) is 1. The van der Waals surface area contributed by atoms with Crippen LogP contribution in [0.15, 0.2) is 51.9 Å². The van der Waals surface area contributed by atoms with Gasteiger partial charge in [0.1, 0.15) is 11.4 Å². The molecule has 2 aromatic rings. The van der Waals surface area contributed by atoms with Gasteiger partial charge < -0.3 is 4.74 Å². The highest BCUT2D eigenvalue weighted by Crippen LogP contribution is 2.31. The van der Waals surface area contributed by atoms with Crippen LogP contribution < -0.4 is 15.0 Å². The molecule has 4 amide bonds. The first kappa shape index (κ1) is 20.1. The van der Waals surface area contributed by atoms with E-state index in [1.165, 1.54) is 31.4 Å². The van der Waals surface area contributed by atoms with Crippen LogP contribution in [0.1, 0.15) is 0 Å². The van der Waals surface area contributed by atoms with Gasteiger partial charge in [0.25, 0.3) is 11.6 Å². The molecule has 10 nitrogen and oxygen atoms in total. The van der Waals surface area contributed by atoms with E-state index in [0.717, 1.165) is 21.7 Å². The summed E-state index contributed by atoms with van der Waals surface area (Å²) in [5, 5.41) is 13.1. The zero-order chi connectivity index (χ0) is 21.1. The normalized spacial score (nSPS) is 16.8. The third-order valence-electron chi connectivity index (χ3n) is 4.02. The van der Waals surface area contributed by atoms with Gasteiger partial charge in [-0.1, -0.05) is 15.9 Å². The predicted octanol–water partition coefficient (Wildman–Crippen LogP) is 2.97. The van der Waals surface area contributed by atoms with E-state index in [9.17, 15) is 24.5 Å². The summed E-state index contributed by atoms with van der Waals surface area (Å²) in [5.74, 6) is -2.83. The zero-order valence-electron chi connectivity index (χ0n) is 14.9. The number of non-ortho nitro benzene ring substituents is 1. The maximum Gasteiger partial charge on any atom is 0.335 e. The van der Waals surface area contributed by atoms with Crippen LogP contribution in [0.25, 0.3) is 0 Å². The van der Waals surface area contributed by atoms with Gasteiger partial charge in [-0.2, -0.15) is 0 Å². The van der Waals surface area contributed by atoms with Crippen LogP contribution in [0.4, 0.5) is 21.9 Å². The van der Waals surface area contributed by atoms with Gasteiger partial charge in [0.2, 0.25) is 5.91 Å². The van der Waals surface area contributed by atoms with Crippen LogP contribution in [0.5, 0.6) is 5.75 Å². The van der Waals surface area contributed by atoms with E-state index in [-0.39, 0.29) is 22.8 Å². The molecule has 1 aliphatic rings. The summed E-state index contributed by atoms with van der Waals surface area (Å²) < 4.78 is 5.85. The van der Waals surface area contributed by atoms with E-state index in [1.54, 1.807) is 12.1 Å². The molecule has 29 heavy (non-hydrogen) atoms. The highest BCUT2D eigenvalue weighted by molar-refractivity contribution is 9.10.